The number of aliphatic carboxylic acids is 1. The second-order valence-electron chi connectivity index (χ2n) is 2.12. The summed E-state index contributed by atoms with van der Waals surface area (Å²) in [6, 6.07) is 3.04. The molecule has 0 amide bonds. The van der Waals surface area contributed by atoms with Gasteiger partial charge in [0.15, 0.2) is 0 Å². The molecule has 1 rings (SSSR count). The molecule has 64 valence electrons. The largest absolute Gasteiger partial charge is 0.481 e. The van der Waals surface area contributed by atoms with Gasteiger partial charge >= 0.3 is 5.97 Å². The van der Waals surface area contributed by atoms with E-state index in [2.05, 4.69) is 5.16 Å². The number of oxime groups is 1. The average Bonchev–Trinajstić information content (AvgIpc) is 2.36. The van der Waals surface area contributed by atoms with Crippen molar-refractivity contribution in [1.82, 2.24) is 0 Å². The van der Waals surface area contributed by atoms with Gasteiger partial charge in [-0.15, -0.1) is 0 Å². The number of hydrogen-bond acceptors (Lipinski definition) is 4. The maximum atomic E-state index is 10.2. The molecular formula is C7H7NO4. The fraction of sp³-hybridized carbons (Fsp3) is 0.143. The van der Waals surface area contributed by atoms with E-state index in [1.54, 1.807) is 0 Å². The normalized spacial score (nSPS) is 10.7. The van der Waals surface area contributed by atoms with Gasteiger partial charge in [-0.1, -0.05) is 5.16 Å². The summed E-state index contributed by atoms with van der Waals surface area (Å²) in [6.45, 7) is 0. The predicted molar refractivity (Wildman–Crippen MR) is 39.4 cm³/mol. The number of carbonyl (C=O) groups is 1. The predicted octanol–water partition coefficient (Wildman–Crippen LogP) is 0.715. The van der Waals surface area contributed by atoms with Gasteiger partial charge < -0.3 is 14.7 Å². The quantitative estimate of drug-likeness (QED) is 0.396. The van der Waals surface area contributed by atoms with Crippen LogP contribution in [0.4, 0.5) is 0 Å². The molecule has 0 aliphatic heterocycles. The molecule has 1 heterocycles. The maximum absolute atomic E-state index is 10.2. The molecule has 0 aromatic carbocycles. The van der Waals surface area contributed by atoms with Crippen molar-refractivity contribution in [3.63, 3.8) is 0 Å². The van der Waals surface area contributed by atoms with Crippen molar-refractivity contribution in [2.45, 2.75) is 6.42 Å². The molecule has 0 radical (unpaired) electrons. The monoisotopic (exact) mass is 169 g/mol. The summed E-state index contributed by atoms with van der Waals surface area (Å²) >= 11 is 0. The third-order valence-corrected chi connectivity index (χ3v) is 1.19. The summed E-state index contributed by atoms with van der Waals surface area (Å²) in [6.07, 6.45) is 0.921. The van der Waals surface area contributed by atoms with Crippen molar-refractivity contribution in [3.8, 4) is 0 Å². The van der Waals surface area contributed by atoms with Crippen LogP contribution in [0, 0.1) is 0 Å². The van der Waals surface area contributed by atoms with Crippen LogP contribution in [0.1, 0.15) is 11.5 Å². The van der Waals surface area contributed by atoms with Crippen LogP contribution >= 0.6 is 0 Å². The van der Waals surface area contributed by atoms with E-state index in [1.807, 2.05) is 0 Å². The highest BCUT2D eigenvalue weighted by atomic mass is 16.4. The Labute approximate surface area is 67.9 Å². The number of furan rings is 1. The Balaban J connectivity index is 2.70. The molecule has 2 N–H and O–H groups in total. The van der Waals surface area contributed by atoms with Crippen molar-refractivity contribution in [1.29, 1.82) is 0 Å². The summed E-state index contributed by atoms with van der Waals surface area (Å²) in [4.78, 5) is 10.2. The molecule has 0 saturated heterocycles. The third kappa shape index (κ3) is 2.12. The lowest BCUT2D eigenvalue weighted by molar-refractivity contribution is -0.136. The Hall–Kier alpha value is -1.78. The van der Waals surface area contributed by atoms with Crippen LogP contribution in [0.2, 0.25) is 0 Å². The Morgan fingerprint density at radius 2 is 2.42 bits per heavy atom. The smallest absolute Gasteiger partial charge is 0.311 e. The van der Waals surface area contributed by atoms with Gasteiger partial charge in [-0.05, 0) is 12.1 Å². The van der Waals surface area contributed by atoms with Crippen molar-refractivity contribution in [3.05, 3.63) is 23.7 Å². The van der Waals surface area contributed by atoms with Gasteiger partial charge in [0.1, 0.15) is 24.2 Å². The average molecular weight is 169 g/mol. The molecule has 12 heavy (non-hydrogen) atoms. The Kier molecular flexibility index (Phi) is 2.47. The Bertz CT molecular complexity index is 302. The fourth-order valence-corrected chi connectivity index (χ4v) is 0.765. The van der Waals surface area contributed by atoms with E-state index in [9.17, 15) is 4.79 Å². The molecule has 0 aliphatic carbocycles. The number of carboxylic acid groups (broad SMARTS) is 1. The molecule has 0 fully saturated rings. The third-order valence-electron chi connectivity index (χ3n) is 1.19. The molecule has 0 unspecified atom stereocenters. The Morgan fingerprint density at radius 1 is 1.67 bits per heavy atom. The summed E-state index contributed by atoms with van der Waals surface area (Å²) in [5, 5.41) is 19.2. The first kappa shape index (κ1) is 8.32. The second kappa shape index (κ2) is 3.56. The van der Waals surface area contributed by atoms with Gasteiger partial charge in [-0.25, -0.2) is 0 Å². The SMILES string of the molecule is O=C(O)Cc1ccc(C=NO)o1. The number of carboxylic acids is 1. The van der Waals surface area contributed by atoms with Crippen LogP contribution in [-0.2, 0) is 11.2 Å². The summed E-state index contributed by atoms with van der Waals surface area (Å²) < 4.78 is 4.94. The zero-order chi connectivity index (χ0) is 8.97. The highest BCUT2D eigenvalue weighted by molar-refractivity contribution is 5.75. The zero-order valence-corrected chi connectivity index (χ0v) is 6.10. The van der Waals surface area contributed by atoms with Crippen LogP contribution < -0.4 is 0 Å². The first-order chi connectivity index (χ1) is 5.72. The first-order valence-electron chi connectivity index (χ1n) is 3.20. The van der Waals surface area contributed by atoms with Crippen molar-refractivity contribution < 1.29 is 19.5 Å². The molecule has 0 aliphatic rings. The van der Waals surface area contributed by atoms with E-state index in [0.29, 0.717) is 11.5 Å². The van der Waals surface area contributed by atoms with Crippen molar-refractivity contribution in [2.24, 2.45) is 5.16 Å². The number of nitrogens with zero attached hydrogens (tertiary/aromatic N) is 1. The van der Waals surface area contributed by atoms with Crippen LogP contribution in [0.5, 0.6) is 0 Å². The van der Waals surface area contributed by atoms with Crippen molar-refractivity contribution >= 4 is 12.2 Å². The molecule has 0 atom stereocenters. The van der Waals surface area contributed by atoms with E-state index < -0.39 is 5.97 Å². The lowest BCUT2D eigenvalue weighted by Crippen LogP contribution is -1.97. The minimum atomic E-state index is -0.961. The second-order valence-corrected chi connectivity index (χ2v) is 2.12. The van der Waals surface area contributed by atoms with Gasteiger partial charge in [-0.2, -0.15) is 0 Å². The van der Waals surface area contributed by atoms with Gasteiger partial charge in [0.05, 0.1) is 0 Å². The zero-order valence-electron chi connectivity index (χ0n) is 6.10. The first-order valence-corrected chi connectivity index (χ1v) is 3.20. The van der Waals surface area contributed by atoms with Crippen LogP contribution in [0.15, 0.2) is 21.7 Å². The number of rotatable bonds is 3. The highest BCUT2D eigenvalue weighted by Crippen LogP contribution is 2.06. The van der Waals surface area contributed by atoms with Gasteiger partial charge in [0.25, 0.3) is 0 Å². The van der Waals surface area contributed by atoms with E-state index in [0.717, 1.165) is 6.21 Å². The summed E-state index contributed by atoms with van der Waals surface area (Å²) in [5.41, 5.74) is 0. The Morgan fingerprint density at radius 3 is 3.00 bits per heavy atom. The van der Waals surface area contributed by atoms with Gasteiger partial charge in [0.2, 0.25) is 0 Å². The molecule has 5 nitrogen and oxygen atoms in total. The standard InChI is InChI=1S/C7H7NO4/c9-7(10)3-5-1-2-6(12-5)4-8-11/h1-2,4,11H,3H2,(H,9,10). The number of hydrogen-bond donors (Lipinski definition) is 2. The molecule has 0 spiro atoms. The lowest BCUT2D eigenvalue weighted by Gasteiger charge is -1.87. The molecule has 1 aromatic rings. The maximum Gasteiger partial charge on any atom is 0.311 e. The molecule has 0 saturated carbocycles. The molecule has 5 heteroatoms. The van der Waals surface area contributed by atoms with Gasteiger partial charge in [-0.3, -0.25) is 4.79 Å². The molecule has 1 aromatic heterocycles. The van der Waals surface area contributed by atoms with E-state index in [-0.39, 0.29) is 6.42 Å². The minimum absolute atomic E-state index is 0.167. The highest BCUT2D eigenvalue weighted by Gasteiger charge is 2.04. The van der Waals surface area contributed by atoms with Crippen LogP contribution in [0.3, 0.4) is 0 Å². The van der Waals surface area contributed by atoms with E-state index >= 15 is 0 Å². The minimum Gasteiger partial charge on any atom is -0.481 e. The summed E-state index contributed by atoms with van der Waals surface area (Å²) in [7, 11) is 0. The van der Waals surface area contributed by atoms with Crippen molar-refractivity contribution in [2.75, 3.05) is 0 Å². The van der Waals surface area contributed by atoms with Gasteiger partial charge in [0, 0.05) is 0 Å². The van der Waals surface area contributed by atoms with Crippen LogP contribution in [-0.4, -0.2) is 22.5 Å². The fourth-order valence-electron chi connectivity index (χ4n) is 0.765. The van der Waals surface area contributed by atoms with E-state index in [4.69, 9.17) is 14.7 Å². The van der Waals surface area contributed by atoms with E-state index in [1.165, 1.54) is 12.1 Å². The molecule has 0 bridgehead atoms. The summed E-state index contributed by atoms with van der Waals surface area (Å²) in [5.74, 6) is -0.303. The topological polar surface area (TPSA) is 83.0 Å². The van der Waals surface area contributed by atoms with Crippen LogP contribution in [0.25, 0.3) is 0 Å². The lowest BCUT2D eigenvalue weighted by atomic mass is 10.3. The molecular weight excluding hydrogens is 162 g/mol.